The van der Waals surface area contributed by atoms with E-state index in [0.717, 1.165) is 22.9 Å². The lowest BCUT2D eigenvalue weighted by Crippen LogP contribution is -2.58. The van der Waals surface area contributed by atoms with E-state index in [1.54, 1.807) is 25.1 Å². The van der Waals surface area contributed by atoms with Gasteiger partial charge in [-0.1, -0.05) is 32.0 Å². The summed E-state index contributed by atoms with van der Waals surface area (Å²) in [7, 11) is 1.69. The molecule has 1 aromatic heterocycles. The van der Waals surface area contributed by atoms with Crippen LogP contribution in [0.15, 0.2) is 36.5 Å². The van der Waals surface area contributed by atoms with Gasteiger partial charge in [-0.2, -0.15) is 0 Å². The number of carbonyl (C=O) groups is 3. The van der Waals surface area contributed by atoms with E-state index in [-0.39, 0.29) is 23.6 Å². The van der Waals surface area contributed by atoms with Crippen molar-refractivity contribution in [1.29, 1.82) is 0 Å². The summed E-state index contributed by atoms with van der Waals surface area (Å²) in [6.07, 6.45) is 3.15. The molecule has 8 heteroatoms. The van der Waals surface area contributed by atoms with Gasteiger partial charge in [0, 0.05) is 24.7 Å². The highest BCUT2D eigenvalue weighted by atomic mass is 16.2. The van der Waals surface area contributed by atoms with Crippen LogP contribution in [0.4, 0.5) is 0 Å². The van der Waals surface area contributed by atoms with E-state index in [9.17, 15) is 14.4 Å². The number of hydrogen-bond donors (Lipinski definition) is 3. The molecule has 172 valence electrons. The fourth-order valence-corrected chi connectivity index (χ4v) is 3.94. The maximum absolute atomic E-state index is 13.2. The van der Waals surface area contributed by atoms with E-state index in [1.807, 2.05) is 44.2 Å². The molecule has 0 bridgehead atoms. The fraction of sp³-hybridized carbons (Fsp3) is 0.500. The van der Waals surface area contributed by atoms with Crippen molar-refractivity contribution in [3.05, 3.63) is 42.1 Å². The predicted molar refractivity (Wildman–Crippen MR) is 124 cm³/mol. The van der Waals surface area contributed by atoms with Crippen LogP contribution >= 0.6 is 0 Å². The summed E-state index contributed by atoms with van der Waals surface area (Å²) in [6.45, 7) is 6.59. The quantitative estimate of drug-likeness (QED) is 0.580. The minimum absolute atomic E-state index is 0.0945. The minimum atomic E-state index is -0.703. The SMILES string of the molecule is CN[C@@H](C)C(=O)N[C@H](C(=O)N[C@H]1CCCN(Cc2ccnc3ccccc23)C1=O)C(C)C. The van der Waals surface area contributed by atoms with Gasteiger partial charge in [-0.05, 0) is 50.4 Å². The smallest absolute Gasteiger partial charge is 0.245 e. The number of piperidine rings is 1. The van der Waals surface area contributed by atoms with Crippen molar-refractivity contribution >= 4 is 28.6 Å². The molecule has 1 saturated heterocycles. The molecule has 0 spiro atoms. The number of likely N-dealkylation sites (tertiary alicyclic amines) is 1. The molecule has 1 fully saturated rings. The minimum Gasteiger partial charge on any atom is -0.343 e. The first-order valence-corrected chi connectivity index (χ1v) is 11.2. The van der Waals surface area contributed by atoms with E-state index in [2.05, 4.69) is 20.9 Å². The molecule has 1 aliphatic heterocycles. The lowest BCUT2D eigenvalue weighted by Gasteiger charge is -2.34. The molecule has 2 aromatic rings. The van der Waals surface area contributed by atoms with Crippen molar-refractivity contribution in [2.45, 2.75) is 58.3 Å². The van der Waals surface area contributed by atoms with Gasteiger partial charge in [0.2, 0.25) is 17.7 Å². The summed E-state index contributed by atoms with van der Waals surface area (Å²) in [5.41, 5.74) is 1.93. The van der Waals surface area contributed by atoms with Crippen LogP contribution in [0.5, 0.6) is 0 Å². The molecule has 0 radical (unpaired) electrons. The lowest BCUT2D eigenvalue weighted by molar-refractivity contribution is -0.140. The van der Waals surface area contributed by atoms with Crippen molar-refractivity contribution in [3.63, 3.8) is 0 Å². The van der Waals surface area contributed by atoms with E-state index >= 15 is 0 Å². The topological polar surface area (TPSA) is 103 Å². The number of benzene rings is 1. The monoisotopic (exact) mass is 439 g/mol. The highest BCUT2D eigenvalue weighted by molar-refractivity contribution is 5.93. The predicted octanol–water partition coefficient (Wildman–Crippen LogP) is 1.59. The molecule has 3 N–H and O–H groups in total. The number of nitrogens with zero attached hydrogens (tertiary/aromatic N) is 2. The van der Waals surface area contributed by atoms with Gasteiger partial charge < -0.3 is 20.9 Å². The second-order valence-corrected chi connectivity index (χ2v) is 8.69. The molecule has 2 heterocycles. The van der Waals surface area contributed by atoms with Gasteiger partial charge >= 0.3 is 0 Å². The molecule has 0 unspecified atom stereocenters. The van der Waals surface area contributed by atoms with Crippen LogP contribution < -0.4 is 16.0 Å². The number of rotatable bonds is 8. The summed E-state index contributed by atoms with van der Waals surface area (Å²) >= 11 is 0. The fourth-order valence-electron chi connectivity index (χ4n) is 3.94. The Morgan fingerprint density at radius 2 is 1.91 bits per heavy atom. The van der Waals surface area contributed by atoms with E-state index in [4.69, 9.17) is 0 Å². The Kier molecular flexibility index (Phi) is 7.80. The molecular formula is C24H33N5O3. The Morgan fingerprint density at radius 3 is 2.62 bits per heavy atom. The largest absolute Gasteiger partial charge is 0.343 e. The number of carbonyl (C=O) groups excluding carboxylic acids is 3. The zero-order valence-corrected chi connectivity index (χ0v) is 19.2. The normalized spacial score (nSPS) is 18.5. The van der Waals surface area contributed by atoms with E-state index < -0.39 is 18.1 Å². The van der Waals surface area contributed by atoms with Gasteiger partial charge in [0.25, 0.3) is 0 Å². The van der Waals surface area contributed by atoms with Crippen LogP contribution in [-0.2, 0) is 20.9 Å². The number of amides is 3. The van der Waals surface area contributed by atoms with Gasteiger partial charge in [0.15, 0.2) is 0 Å². The third-order valence-electron chi connectivity index (χ3n) is 6.02. The van der Waals surface area contributed by atoms with Gasteiger partial charge in [-0.15, -0.1) is 0 Å². The van der Waals surface area contributed by atoms with Crippen LogP contribution in [0, 0.1) is 5.92 Å². The van der Waals surface area contributed by atoms with Crippen LogP contribution in [0.1, 0.15) is 39.2 Å². The average Bonchev–Trinajstić information content (AvgIpc) is 2.79. The van der Waals surface area contributed by atoms with Crippen LogP contribution in [0.2, 0.25) is 0 Å². The summed E-state index contributed by atoms with van der Waals surface area (Å²) < 4.78 is 0. The molecule has 3 rings (SSSR count). The molecule has 32 heavy (non-hydrogen) atoms. The Morgan fingerprint density at radius 1 is 1.16 bits per heavy atom. The first kappa shape index (κ1) is 23.7. The molecule has 0 aliphatic carbocycles. The second-order valence-electron chi connectivity index (χ2n) is 8.69. The first-order chi connectivity index (χ1) is 15.3. The third kappa shape index (κ3) is 5.43. The van der Waals surface area contributed by atoms with Crippen molar-refractivity contribution < 1.29 is 14.4 Å². The number of hydrogen-bond acceptors (Lipinski definition) is 5. The summed E-state index contributed by atoms with van der Waals surface area (Å²) in [5, 5.41) is 9.58. The van der Waals surface area contributed by atoms with Gasteiger partial charge in [-0.3, -0.25) is 19.4 Å². The van der Waals surface area contributed by atoms with Gasteiger partial charge in [-0.25, -0.2) is 0 Å². The molecule has 8 nitrogen and oxygen atoms in total. The molecular weight excluding hydrogens is 406 g/mol. The highest BCUT2D eigenvalue weighted by Gasteiger charge is 2.33. The van der Waals surface area contributed by atoms with Crippen molar-refractivity contribution in [2.75, 3.05) is 13.6 Å². The number of likely N-dealkylation sites (N-methyl/N-ethyl adjacent to an activating group) is 1. The summed E-state index contributed by atoms with van der Waals surface area (Å²) in [6, 6.07) is 8.09. The Bertz CT molecular complexity index is 972. The van der Waals surface area contributed by atoms with E-state index in [0.29, 0.717) is 19.5 Å². The molecule has 1 aliphatic rings. The second kappa shape index (κ2) is 10.5. The van der Waals surface area contributed by atoms with Crippen LogP contribution in [0.3, 0.4) is 0 Å². The summed E-state index contributed by atoms with van der Waals surface area (Å²) in [4.78, 5) is 44.6. The number of nitrogens with one attached hydrogen (secondary N) is 3. The number of pyridine rings is 1. The van der Waals surface area contributed by atoms with Crippen molar-refractivity contribution in [1.82, 2.24) is 25.8 Å². The lowest BCUT2D eigenvalue weighted by atomic mass is 9.99. The van der Waals surface area contributed by atoms with Gasteiger partial charge in [0.1, 0.15) is 12.1 Å². The zero-order valence-electron chi connectivity index (χ0n) is 19.2. The zero-order chi connectivity index (χ0) is 23.3. The maximum Gasteiger partial charge on any atom is 0.245 e. The van der Waals surface area contributed by atoms with E-state index in [1.165, 1.54) is 0 Å². The first-order valence-electron chi connectivity index (χ1n) is 11.2. The number of aromatic nitrogens is 1. The standard InChI is InChI=1S/C24H33N5O3/c1-15(2)21(28-22(30)16(3)25-4)23(31)27-20-10-7-13-29(24(20)32)14-17-11-12-26-19-9-6-5-8-18(17)19/h5-6,8-9,11-12,15-16,20-21,25H,7,10,13-14H2,1-4H3,(H,27,31)(H,28,30)/t16-,20-,21-/m0/s1. The van der Waals surface area contributed by atoms with Gasteiger partial charge in [0.05, 0.1) is 11.6 Å². The number of fused-ring (bicyclic) bond motifs is 1. The Balaban J connectivity index is 1.68. The van der Waals surface area contributed by atoms with Crippen molar-refractivity contribution in [2.24, 2.45) is 5.92 Å². The maximum atomic E-state index is 13.2. The number of para-hydroxylation sites is 1. The molecule has 1 aromatic carbocycles. The molecule has 3 amide bonds. The van der Waals surface area contributed by atoms with Crippen LogP contribution in [0.25, 0.3) is 10.9 Å². The third-order valence-corrected chi connectivity index (χ3v) is 6.02. The molecule has 0 saturated carbocycles. The average molecular weight is 440 g/mol. The summed E-state index contributed by atoms with van der Waals surface area (Å²) in [5.74, 6) is -0.780. The van der Waals surface area contributed by atoms with Crippen molar-refractivity contribution in [3.8, 4) is 0 Å². The Labute approximate surface area is 189 Å². The highest BCUT2D eigenvalue weighted by Crippen LogP contribution is 2.21. The molecule has 3 atom stereocenters. The Hall–Kier alpha value is -3.00. The van der Waals surface area contributed by atoms with Crippen LogP contribution in [-0.4, -0.2) is 59.3 Å².